The number of amides is 1. The highest BCUT2D eigenvalue weighted by atomic mass is 35.5. The van der Waals surface area contributed by atoms with Crippen molar-refractivity contribution in [2.24, 2.45) is 11.7 Å². The molecule has 1 amide bonds. The average molecular weight is 434 g/mol. The fraction of sp³-hybridized carbons (Fsp3) is 0.278. The molecule has 2 rings (SSSR count). The first-order valence-electron chi connectivity index (χ1n) is 8.28. The summed E-state index contributed by atoms with van der Waals surface area (Å²) in [7, 11) is -4.08. The molecule has 0 heterocycles. The first-order chi connectivity index (χ1) is 12.6. The van der Waals surface area contributed by atoms with Crippen LogP contribution in [-0.2, 0) is 14.8 Å². The van der Waals surface area contributed by atoms with Gasteiger partial charge >= 0.3 is 0 Å². The summed E-state index contributed by atoms with van der Waals surface area (Å²) in [6, 6.07) is 7.15. The molecule has 2 atom stereocenters. The number of nitrogens with one attached hydrogen (secondary N) is 2. The molecule has 0 aliphatic heterocycles. The molecule has 0 bridgehead atoms. The number of carbonyl (C=O) groups excluding carboxylic acids is 1. The lowest BCUT2D eigenvalue weighted by atomic mass is 9.99. The molecule has 6 nitrogen and oxygen atoms in total. The number of halogens is 3. The second-order valence-corrected chi connectivity index (χ2v) is 7.84. The van der Waals surface area contributed by atoms with Crippen molar-refractivity contribution in [1.29, 1.82) is 0 Å². The van der Waals surface area contributed by atoms with Gasteiger partial charge in [0.2, 0.25) is 5.91 Å². The Morgan fingerprint density at radius 1 is 1.14 bits per heavy atom. The van der Waals surface area contributed by atoms with Gasteiger partial charge in [-0.05, 0) is 42.3 Å². The SMILES string of the molecule is CCC(C)C(N)C(=O)Nc1ccc(S(=O)(=O)Nc2ccc(F)cc2F)cc1.Cl. The van der Waals surface area contributed by atoms with Gasteiger partial charge in [-0.3, -0.25) is 9.52 Å². The summed E-state index contributed by atoms with van der Waals surface area (Å²) in [4.78, 5) is 11.9. The Hall–Kier alpha value is -2.23. The van der Waals surface area contributed by atoms with Gasteiger partial charge in [0.25, 0.3) is 10.0 Å². The van der Waals surface area contributed by atoms with Crippen molar-refractivity contribution in [1.82, 2.24) is 0 Å². The maximum atomic E-state index is 13.6. The van der Waals surface area contributed by atoms with E-state index in [0.717, 1.165) is 18.6 Å². The zero-order valence-electron chi connectivity index (χ0n) is 15.3. The summed E-state index contributed by atoms with van der Waals surface area (Å²) in [5, 5.41) is 2.62. The molecular weight excluding hydrogens is 412 g/mol. The average Bonchev–Trinajstić information content (AvgIpc) is 2.63. The van der Waals surface area contributed by atoms with Crippen LogP contribution < -0.4 is 15.8 Å². The Kier molecular flexibility index (Phi) is 8.34. The molecule has 28 heavy (non-hydrogen) atoms. The van der Waals surface area contributed by atoms with E-state index in [1.807, 2.05) is 13.8 Å². The Morgan fingerprint density at radius 2 is 1.75 bits per heavy atom. The van der Waals surface area contributed by atoms with Crippen LogP contribution in [0, 0.1) is 17.6 Å². The number of anilines is 2. The summed E-state index contributed by atoms with van der Waals surface area (Å²) in [5.74, 6) is -2.21. The second-order valence-electron chi connectivity index (χ2n) is 6.15. The van der Waals surface area contributed by atoms with Crippen molar-refractivity contribution in [2.45, 2.75) is 31.2 Å². The fourth-order valence-electron chi connectivity index (χ4n) is 2.23. The number of hydrogen-bond donors (Lipinski definition) is 3. The predicted octanol–water partition coefficient (Wildman–Crippen LogP) is 3.50. The Bertz CT molecular complexity index is 924. The van der Waals surface area contributed by atoms with Gasteiger partial charge in [-0.2, -0.15) is 0 Å². The zero-order chi connectivity index (χ0) is 20.2. The molecule has 0 aliphatic rings. The smallest absolute Gasteiger partial charge is 0.261 e. The van der Waals surface area contributed by atoms with E-state index in [1.165, 1.54) is 24.3 Å². The fourth-order valence-corrected chi connectivity index (χ4v) is 3.30. The normalized spacial score (nSPS) is 13.2. The number of carbonyl (C=O) groups is 1. The van der Waals surface area contributed by atoms with Crippen LogP contribution in [0.15, 0.2) is 47.4 Å². The highest BCUT2D eigenvalue weighted by molar-refractivity contribution is 7.92. The predicted molar refractivity (Wildman–Crippen MR) is 107 cm³/mol. The summed E-state index contributed by atoms with van der Waals surface area (Å²) in [6.45, 7) is 3.79. The third-order valence-electron chi connectivity index (χ3n) is 4.17. The molecular formula is C18H22ClF2N3O3S. The van der Waals surface area contributed by atoms with Gasteiger partial charge in [-0.25, -0.2) is 17.2 Å². The van der Waals surface area contributed by atoms with Crippen LogP contribution in [0.2, 0.25) is 0 Å². The van der Waals surface area contributed by atoms with E-state index in [1.54, 1.807) is 0 Å². The minimum atomic E-state index is -4.08. The molecule has 2 unspecified atom stereocenters. The molecule has 0 spiro atoms. The first kappa shape index (κ1) is 23.8. The van der Waals surface area contributed by atoms with Crippen LogP contribution in [0.1, 0.15) is 20.3 Å². The van der Waals surface area contributed by atoms with E-state index in [2.05, 4.69) is 10.0 Å². The lowest BCUT2D eigenvalue weighted by molar-refractivity contribution is -0.118. The lowest BCUT2D eigenvalue weighted by Crippen LogP contribution is -2.40. The maximum Gasteiger partial charge on any atom is 0.261 e. The van der Waals surface area contributed by atoms with Crippen LogP contribution >= 0.6 is 12.4 Å². The Balaban J connectivity index is 0.00000392. The molecule has 154 valence electrons. The highest BCUT2D eigenvalue weighted by Crippen LogP contribution is 2.21. The Labute approximate surface area is 169 Å². The molecule has 0 aliphatic carbocycles. The van der Waals surface area contributed by atoms with Gasteiger partial charge in [0, 0.05) is 11.8 Å². The summed E-state index contributed by atoms with van der Waals surface area (Å²) < 4.78 is 53.3. The summed E-state index contributed by atoms with van der Waals surface area (Å²) >= 11 is 0. The highest BCUT2D eigenvalue weighted by Gasteiger charge is 2.20. The molecule has 0 fully saturated rings. The first-order valence-corrected chi connectivity index (χ1v) is 9.76. The largest absolute Gasteiger partial charge is 0.325 e. The van der Waals surface area contributed by atoms with Crippen molar-refractivity contribution in [3.05, 3.63) is 54.1 Å². The third-order valence-corrected chi connectivity index (χ3v) is 5.55. The molecule has 2 aromatic carbocycles. The third kappa shape index (κ3) is 5.88. The molecule has 4 N–H and O–H groups in total. The summed E-state index contributed by atoms with van der Waals surface area (Å²) in [6.07, 6.45) is 0.747. The van der Waals surface area contributed by atoms with Crippen LogP contribution in [0.25, 0.3) is 0 Å². The molecule has 0 saturated heterocycles. The van der Waals surface area contributed by atoms with Gasteiger partial charge in [-0.15, -0.1) is 12.4 Å². The van der Waals surface area contributed by atoms with Crippen molar-refractivity contribution in [3.8, 4) is 0 Å². The van der Waals surface area contributed by atoms with Gasteiger partial charge < -0.3 is 11.1 Å². The monoisotopic (exact) mass is 433 g/mol. The topological polar surface area (TPSA) is 101 Å². The molecule has 0 radical (unpaired) electrons. The lowest BCUT2D eigenvalue weighted by Gasteiger charge is -2.17. The van der Waals surface area contributed by atoms with Gasteiger partial charge in [-0.1, -0.05) is 20.3 Å². The standard InChI is InChI=1S/C18H21F2N3O3S.ClH/c1-3-11(2)17(21)18(24)22-13-5-7-14(8-6-13)27(25,26)23-16-9-4-12(19)10-15(16)20;/h4-11,17,23H,3,21H2,1-2H3,(H,22,24);1H. The van der Waals surface area contributed by atoms with E-state index >= 15 is 0 Å². The quantitative estimate of drug-likeness (QED) is 0.622. The van der Waals surface area contributed by atoms with E-state index < -0.39 is 27.7 Å². The van der Waals surface area contributed by atoms with Gasteiger partial charge in [0.05, 0.1) is 16.6 Å². The minimum absolute atomic E-state index is 0. The van der Waals surface area contributed by atoms with Crippen LogP contribution in [0.5, 0.6) is 0 Å². The molecule has 2 aromatic rings. The molecule has 10 heteroatoms. The number of sulfonamides is 1. The Morgan fingerprint density at radius 3 is 2.29 bits per heavy atom. The van der Waals surface area contributed by atoms with Gasteiger partial charge in [0.1, 0.15) is 11.6 Å². The van der Waals surface area contributed by atoms with Crippen molar-refractivity contribution in [2.75, 3.05) is 10.0 Å². The van der Waals surface area contributed by atoms with Crippen molar-refractivity contribution < 1.29 is 22.0 Å². The molecule has 0 saturated carbocycles. The number of hydrogen-bond acceptors (Lipinski definition) is 4. The van der Waals surface area contributed by atoms with E-state index in [0.29, 0.717) is 11.8 Å². The minimum Gasteiger partial charge on any atom is -0.325 e. The van der Waals surface area contributed by atoms with Crippen LogP contribution in [-0.4, -0.2) is 20.4 Å². The maximum absolute atomic E-state index is 13.6. The second kappa shape index (κ2) is 9.81. The van der Waals surface area contributed by atoms with E-state index in [4.69, 9.17) is 5.73 Å². The van der Waals surface area contributed by atoms with E-state index in [-0.39, 0.29) is 34.8 Å². The number of nitrogens with two attached hydrogens (primary N) is 1. The molecule has 0 aromatic heterocycles. The van der Waals surface area contributed by atoms with Gasteiger partial charge in [0.15, 0.2) is 0 Å². The zero-order valence-corrected chi connectivity index (χ0v) is 16.9. The van der Waals surface area contributed by atoms with Crippen LogP contribution in [0.3, 0.4) is 0 Å². The van der Waals surface area contributed by atoms with Crippen molar-refractivity contribution >= 4 is 39.7 Å². The number of rotatable bonds is 7. The summed E-state index contributed by atoms with van der Waals surface area (Å²) in [5.41, 5.74) is 5.86. The van der Waals surface area contributed by atoms with Crippen LogP contribution in [0.4, 0.5) is 20.2 Å². The van der Waals surface area contributed by atoms with Crippen molar-refractivity contribution in [3.63, 3.8) is 0 Å². The van der Waals surface area contributed by atoms with E-state index in [9.17, 15) is 22.0 Å². The number of benzene rings is 2.